The molecule has 0 aliphatic heterocycles. The number of aryl methyl sites for hydroxylation is 2. The van der Waals surface area contributed by atoms with Crippen LogP contribution in [0.2, 0.25) is 0 Å². The fourth-order valence-electron chi connectivity index (χ4n) is 2.72. The average molecular weight is 318 g/mol. The summed E-state index contributed by atoms with van der Waals surface area (Å²) in [5, 5.41) is 10.3. The normalized spacial score (nSPS) is 15.3. The quantitative estimate of drug-likeness (QED) is 0.938. The number of nitrogens with zero attached hydrogens (tertiary/aromatic N) is 1. The lowest BCUT2D eigenvalue weighted by Crippen LogP contribution is -2.05. The molecule has 1 aromatic carbocycles. The monoisotopic (exact) mass is 317 g/mol. The Balaban J connectivity index is 1.80. The Morgan fingerprint density at radius 2 is 2.05 bits per heavy atom. The van der Waals surface area contributed by atoms with Crippen molar-refractivity contribution in [2.75, 3.05) is 0 Å². The van der Waals surface area contributed by atoms with Crippen molar-refractivity contribution in [1.29, 1.82) is 0 Å². The van der Waals surface area contributed by atoms with Crippen LogP contribution in [0.25, 0.3) is 0 Å². The van der Waals surface area contributed by atoms with Crippen LogP contribution in [0.1, 0.15) is 34.9 Å². The van der Waals surface area contributed by atoms with Crippen molar-refractivity contribution in [2.24, 2.45) is 0 Å². The second-order valence-electron chi connectivity index (χ2n) is 5.05. The molecule has 2 aromatic rings. The van der Waals surface area contributed by atoms with E-state index in [1.807, 2.05) is 12.1 Å². The zero-order valence-corrected chi connectivity index (χ0v) is 12.2. The van der Waals surface area contributed by atoms with Crippen molar-refractivity contribution in [1.82, 2.24) is 4.98 Å². The Kier molecular flexibility index (Phi) is 3.67. The van der Waals surface area contributed by atoms with Gasteiger partial charge in [-0.2, -0.15) is 0 Å². The Hall–Kier alpha value is -1.19. The summed E-state index contributed by atoms with van der Waals surface area (Å²) in [4.78, 5) is 4.25. The molecular formula is C16H16BrNO. The molecule has 2 nitrogen and oxygen atoms in total. The molecule has 1 atom stereocenters. The Bertz CT molecular complexity index is 597. The number of aliphatic hydroxyl groups is 1. The lowest BCUT2D eigenvalue weighted by molar-refractivity contribution is 0.173. The summed E-state index contributed by atoms with van der Waals surface area (Å²) in [5.41, 5.74) is 4.82. The molecule has 0 bridgehead atoms. The standard InChI is InChI=1S/C16H16BrNO/c17-14-5-2-8-18-16(14)15(19)10-11-6-7-12-3-1-4-13(12)9-11/h2,5-9,15,19H,1,3-4,10H2. The maximum absolute atomic E-state index is 10.3. The van der Waals surface area contributed by atoms with Crippen LogP contribution in [0.3, 0.4) is 0 Å². The van der Waals surface area contributed by atoms with E-state index in [1.54, 1.807) is 6.20 Å². The smallest absolute Gasteiger partial charge is 0.101 e. The molecule has 1 unspecified atom stereocenters. The summed E-state index contributed by atoms with van der Waals surface area (Å²) < 4.78 is 0.865. The van der Waals surface area contributed by atoms with E-state index in [2.05, 4.69) is 39.1 Å². The van der Waals surface area contributed by atoms with E-state index in [0.29, 0.717) is 12.1 Å². The van der Waals surface area contributed by atoms with E-state index in [4.69, 9.17) is 0 Å². The van der Waals surface area contributed by atoms with Gasteiger partial charge in [0.15, 0.2) is 0 Å². The molecule has 0 saturated carbocycles. The van der Waals surface area contributed by atoms with Gasteiger partial charge in [0, 0.05) is 17.1 Å². The predicted molar refractivity (Wildman–Crippen MR) is 79.1 cm³/mol. The third-order valence-electron chi connectivity index (χ3n) is 3.69. The van der Waals surface area contributed by atoms with Crippen molar-refractivity contribution in [3.05, 3.63) is 63.4 Å². The predicted octanol–water partition coefficient (Wildman–Crippen LogP) is 3.61. The number of fused-ring (bicyclic) bond motifs is 1. The van der Waals surface area contributed by atoms with Gasteiger partial charge in [-0.3, -0.25) is 4.98 Å². The zero-order chi connectivity index (χ0) is 13.2. The molecular weight excluding hydrogens is 302 g/mol. The molecule has 0 saturated heterocycles. The zero-order valence-electron chi connectivity index (χ0n) is 10.6. The summed E-state index contributed by atoms with van der Waals surface area (Å²) in [5.74, 6) is 0. The number of rotatable bonds is 3. The minimum absolute atomic E-state index is 0.560. The highest BCUT2D eigenvalue weighted by Gasteiger charge is 2.15. The maximum Gasteiger partial charge on any atom is 0.101 e. The lowest BCUT2D eigenvalue weighted by atomic mass is 10.0. The average Bonchev–Trinajstić information content (AvgIpc) is 2.86. The SMILES string of the molecule is OC(Cc1ccc2c(c1)CCC2)c1ncccc1Br. The van der Waals surface area contributed by atoms with Gasteiger partial charge in [0.2, 0.25) is 0 Å². The van der Waals surface area contributed by atoms with Crippen LogP contribution in [0.5, 0.6) is 0 Å². The summed E-state index contributed by atoms with van der Waals surface area (Å²) in [7, 11) is 0. The van der Waals surface area contributed by atoms with E-state index in [0.717, 1.165) is 4.47 Å². The van der Waals surface area contributed by atoms with E-state index >= 15 is 0 Å². The second kappa shape index (κ2) is 5.43. The van der Waals surface area contributed by atoms with Crippen molar-refractivity contribution >= 4 is 15.9 Å². The largest absolute Gasteiger partial charge is 0.386 e. The van der Waals surface area contributed by atoms with Crippen molar-refractivity contribution in [3.63, 3.8) is 0 Å². The number of benzene rings is 1. The van der Waals surface area contributed by atoms with Crippen molar-refractivity contribution < 1.29 is 5.11 Å². The Labute approximate surface area is 121 Å². The number of pyridine rings is 1. The highest BCUT2D eigenvalue weighted by Crippen LogP contribution is 2.27. The molecule has 1 aliphatic carbocycles. The fourth-order valence-corrected chi connectivity index (χ4v) is 3.23. The molecule has 98 valence electrons. The molecule has 19 heavy (non-hydrogen) atoms. The van der Waals surface area contributed by atoms with Gasteiger partial charge in [0.1, 0.15) is 6.10 Å². The van der Waals surface area contributed by atoms with Gasteiger partial charge in [-0.15, -0.1) is 0 Å². The van der Waals surface area contributed by atoms with Crippen LogP contribution in [-0.2, 0) is 19.3 Å². The van der Waals surface area contributed by atoms with Crippen LogP contribution in [0.4, 0.5) is 0 Å². The highest BCUT2D eigenvalue weighted by molar-refractivity contribution is 9.10. The van der Waals surface area contributed by atoms with Crippen LogP contribution in [0, 0.1) is 0 Å². The first-order chi connectivity index (χ1) is 9.24. The number of aromatic nitrogens is 1. The first-order valence-electron chi connectivity index (χ1n) is 6.63. The van der Waals surface area contributed by atoms with Crippen LogP contribution in [0.15, 0.2) is 41.0 Å². The van der Waals surface area contributed by atoms with Gasteiger partial charge in [-0.25, -0.2) is 0 Å². The van der Waals surface area contributed by atoms with Gasteiger partial charge in [0.25, 0.3) is 0 Å². The molecule has 1 aliphatic rings. The molecule has 0 spiro atoms. The van der Waals surface area contributed by atoms with Gasteiger partial charge < -0.3 is 5.11 Å². The summed E-state index contributed by atoms with van der Waals surface area (Å²) in [6.07, 6.45) is 5.40. The first kappa shape index (κ1) is 12.8. The molecule has 3 rings (SSSR count). The van der Waals surface area contributed by atoms with Gasteiger partial charge in [-0.1, -0.05) is 18.2 Å². The molecule has 1 heterocycles. The number of halogens is 1. The summed E-state index contributed by atoms with van der Waals surface area (Å²) >= 11 is 3.44. The highest BCUT2D eigenvalue weighted by atomic mass is 79.9. The van der Waals surface area contributed by atoms with Crippen molar-refractivity contribution in [2.45, 2.75) is 31.8 Å². The van der Waals surface area contributed by atoms with Gasteiger partial charge >= 0.3 is 0 Å². The van der Waals surface area contributed by atoms with Crippen molar-refractivity contribution in [3.8, 4) is 0 Å². The summed E-state index contributed by atoms with van der Waals surface area (Å²) in [6.45, 7) is 0. The molecule has 0 amide bonds. The molecule has 0 fully saturated rings. The van der Waals surface area contributed by atoms with Crippen LogP contribution in [-0.4, -0.2) is 10.1 Å². The first-order valence-corrected chi connectivity index (χ1v) is 7.42. The minimum atomic E-state index is -0.560. The topological polar surface area (TPSA) is 33.1 Å². The Morgan fingerprint density at radius 3 is 2.89 bits per heavy atom. The van der Waals surface area contributed by atoms with E-state index in [9.17, 15) is 5.11 Å². The minimum Gasteiger partial charge on any atom is -0.386 e. The fraction of sp³-hybridized carbons (Fsp3) is 0.312. The van der Waals surface area contributed by atoms with E-state index < -0.39 is 6.10 Å². The molecule has 1 N–H and O–H groups in total. The van der Waals surface area contributed by atoms with E-state index in [-0.39, 0.29) is 0 Å². The van der Waals surface area contributed by atoms with Crippen LogP contribution >= 0.6 is 15.9 Å². The van der Waals surface area contributed by atoms with Gasteiger partial charge in [0.05, 0.1) is 5.69 Å². The number of aliphatic hydroxyl groups excluding tert-OH is 1. The van der Waals surface area contributed by atoms with E-state index in [1.165, 1.54) is 36.0 Å². The number of hydrogen-bond donors (Lipinski definition) is 1. The third-order valence-corrected chi connectivity index (χ3v) is 4.37. The Morgan fingerprint density at radius 1 is 1.21 bits per heavy atom. The van der Waals surface area contributed by atoms with Crippen LogP contribution < -0.4 is 0 Å². The lowest BCUT2D eigenvalue weighted by Gasteiger charge is -2.12. The number of hydrogen-bond acceptors (Lipinski definition) is 2. The third kappa shape index (κ3) is 2.72. The van der Waals surface area contributed by atoms with Gasteiger partial charge in [-0.05, 0) is 64.0 Å². The molecule has 1 aromatic heterocycles. The molecule has 3 heteroatoms. The summed E-state index contributed by atoms with van der Waals surface area (Å²) in [6, 6.07) is 10.3. The second-order valence-corrected chi connectivity index (χ2v) is 5.90. The molecule has 0 radical (unpaired) electrons. The maximum atomic E-state index is 10.3.